The Kier molecular flexibility index (Phi) is 7.48. The van der Waals surface area contributed by atoms with E-state index in [2.05, 4.69) is 30.1 Å². The first-order chi connectivity index (χ1) is 9.47. The molecule has 1 fully saturated rings. The molecule has 0 N–H and O–H groups in total. The van der Waals surface area contributed by atoms with E-state index in [4.69, 9.17) is 0 Å². The molecule has 1 aliphatic rings. The molecular formula is C15H28N2O2S. The van der Waals surface area contributed by atoms with Gasteiger partial charge in [0.05, 0.1) is 6.26 Å². The maximum absolute atomic E-state index is 11.7. The second-order valence-corrected chi connectivity index (χ2v) is 7.35. The first kappa shape index (κ1) is 17.4. The van der Waals surface area contributed by atoms with Crippen molar-refractivity contribution < 1.29 is 8.42 Å². The first-order valence-corrected chi connectivity index (χ1v) is 9.25. The highest BCUT2D eigenvalue weighted by Gasteiger charge is 2.20. The summed E-state index contributed by atoms with van der Waals surface area (Å²) < 4.78 is 24.9. The van der Waals surface area contributed by atoms with Crippen molar-refractivity contribution >= 4 is 10.0 Å². The third-order valence-electron chi connectivity index (χ3n) is 3.72. The van der Waals surface area contributed by atoms with Crippen molar-refractivity contribution in [2.24, 2.45) is 0 Å². The number of hydrogen-bond acceptors (Lipinski definition) is 3. The molecule has 1 rings (SSSR count). The minimum Gasteiger partial charge on any atom is -0.298 e. The van der Waals surface area contributed by atoms with Gasteiger partial charge in [-0.2, -0.15) is 0 Å². The molecule has 0 atom stereocenters. The van der Waals surface area contributed by atoms with Crippen LogP contribution in [0.2, 0.25) is 0 Å². The van der Waals surface area contributed by atoms with Crippen LogP contribution in [-0.2, 0) is 10.0 Å². The summed E-state index contributed by atoms with van der Waals surface area (Å²) in [6.45, 7) is 8.21. The van der Waals surface area contributed by atoms with Crippen LogP contribution in [0.25, 0.3) is 0 Å². The van der Waals surface area contributed by atoms with Crippen molar-refractivity contribution in [1.82, 2.24) is 9.21 Å². The summed E-state index contributed by atoms with van der Waals surface area (Å²) in [5.74, 6) is 0. The predicted molar refractivity (Wildman–Crippen MR) is 85.3 cm³/mol. The molecule has 0 aromatic rings. The number of rotatable bonds is 5. The molecule has 5 heteroatoms. The smallest absolute Gasteiger partial charge is 0.211 e. The minimum absolute atomic E-state index is 0.611. The van der Waals surface area contributed by atoms with E-state index in [1.54, 1.807) is 4.31 Å². The molecule has 0 bridgehead atoms. The zero-order valence-electron chi connectivity index (χ0n) is 13.0. The summed E-state index contributed by atoms with van der Waals surface area (Å²) >= 11 is 0. The lowest BCUT2D eigenvalue weighted by Gasteiger charge is -2.30. The van der Waals surface area contributed by atoms with Gasteiger partial charge in [-0.1, -0.05) is 23.8 Å². The number of allylic oxidation sites excluding steroid dienone is 3. The van der Waals surface area contributed by atoms with Gasteiger partial charge in [-0.05, 0) is 39.7 Å². The monoisotopic (exact) mass is 300 g/mol. The highest BCUT2D eigenvalue weighted by atomic mass is 32.2. The van der Waals surface area contributed by atoms with E-state index in [0.717, 1.165) is 38.9 Å². The molecule has 4 nitrogen and oxygen atoms in total. The van der Waals surface area contributed by atoms with Crippen LogP contribution < -0.4 is 0 Å². The van der Waals surface area contributed by atoms with E-state index in [1.165, 1.54) is 11.8 Å². The maximum atomic E-state index is 11.7. The molecule has 20 heavy (non-hydrogen) atoms. The molecule has 1 aliphatic heterocycles. The Morgan fingerprint density at radius 2 is 1.80 bits per heavy atom. The second-order valence-electron chi connectivity index (χ2n) is 5.37. The molecule has 0 radical (unpaired) electrons. The van der Waals surface area contributed by atoms with E-state index in [0.29, 0.717) is 13.1 Å². The predicted octanol–water partition coefficient (Wildman–Crippen LogP) is 2.26. The summed E-state index contributed by atoms with van der Waals surface area (Å²) in [5, 5.41) is 0. The van der Waals surface area contributed by atoms with Crippen molar-refractivity contribution in [2.75, 3.05) is 39.0 Å². The number of sulfonamides is 1. The van der Waals surface area contributed by atoms with E-state index >= 15 is 0 Å². The maximum Gasteiger partial charge on any atom is 0.211 e. The van der Waals surface area contributed by atoms with Crippen molar-refractivity contribution in [2.45, 2.75) is 33.1 Å². The largest absolute Gasteiger partial charge is 0.298 e. The van der Waals surface area contributed by atoms with E-state index in [-0.39, 0.29) is 0 Å². The molecule has 0 amide bonds. The van der Waals surface area contributed by atoms with Gasteiger partial charge in [0, 0.05) is 26.2 Å². The van der Waals surface area contributed by atoms with Crippen molar-refractivity contribution in [3.8, 4) is 0 Å². The summed E-state index contributed by atoms with van der Waals surface area (Å²) in [6, 6.07) is 0. The van der Waals surface area contributed by atoms with Crippen LogP contribution in [0.1, 0.15) is 33.1 Å². The summed E-state index contributed by atoms with van der Waals surface area (Å²) in [6.07, 6.45) is 10.7. The fraction of sp³-hybridized carbons (Fsp3) is 0.733. The van der Waals surface area contributed by atoms with Crippen LogP contribution in [0.15, 0.2) is 23.8 Å². The lowest BCUT2D eigenvalue weighted by atomic mass is 10.1. The average molecular weight is 300 g/mol. The molecule has 0 saturated carbocycles. The standard InChI is InChI=1S/C15H28N2O2S/c1-4-6-9-15(5-2)14-16-10-7-8-11-17(13-12-16)20(3,18)19/h4-6H,7-14H2,1-3H3. The Bertz CT molecular complexity index is 441. The average Bonchev–Trinajstić information content (AvgIpc) is 2.35. The molecule has 0 spiro atoms. The first-order valence-electron chi connectivity index (χ1n) is 7.40. The lowest BCUT2D eigenvalue weighted by molar-refractivity contribution is 0.235. The van der Waals surface area contributed by atoms with Gasteiger partial charge in [0.1, 0.15) is 0 Å². The highest BCUT2D eigenvalue weighted by molar-refractivity contribution is 7.88. The Balaban J connectivity index is 2.58. The van der Waals surface area contributed by atoms with Crippen LogP contribution in [-0.4, -0.2) is 56.6 Å². The zero-order chi connectivity index (χ0) is 15.0. The normalized spacial score (nSPS) is 21.1. The van der Waals surface area contributed by atoms with Gasteiger partial charge in [0.2, 0.25) is 10.0 Å². The van der Waals surface area contributed by atoms with Crippen LogP contribution in [0.4, 0.5) is 0 Å². The van der Waals surface area contributed by atoms with Gasteiger partial charge in [-0.15, -0.1) is 0 Å². The number of hydrogen-bond donors (Lipinski definition) is 0. The van der Waals surface area contributed by atoms with Gasteiger partial charge in [-0.3, -0.25) is 4.90 Å². The zero-order valence-corrected chi connectivity index (χ0v) is 13.8. The van der Waals surface area contributed by atoms with E-state index < -0.39 is 10.0 Å². The van der Waals surface area contributed by atoms with Crippen molar-refractivity contribution in [3.63, 3.8) is 0 Å². The molecule has 0 aliphatic carbocycles. The molecular weight excluding hydrogens is 272 g/mol. The topological polar surface area (TPSA) is 40.6 Å². The van der Waals surface area contributed by atoms with Crippen molar-refractivity contribution in [3.05, 3.63) is 23.8 Å². The van der Waals surface area contributed by atoms with Crippen LogP contribution in [0.5, 0.6) is 0 Å². The highest BCUT2D eigenvalue weighted by Crippen LogP contribution is 2.11. The molecule has 116 valence electrons. The van der Waals surface area contributed by atoms with Gasteiger partial charge >= 0.3 is 0 Å². The SMILES string of the molecule is CC=CCC(=CC)CN1CCCCN(S(C)(=O)=O)CC1. The van der Waals surface area contributed by atoms with Gasteiger partial charge < -0.3 is 0 Å². The quantitative estimate of drug-likeness (QED) is 0.731. The third-order valence-corrected chi connectivity index (χ3v) is 5.02. The van der Waals surface area contributed by atoms with Crippen LogP contribution in [0, 0.1) is 0 Å². The summed E-state index contributed by atoms with van der Waals surface area (Å²) in [7, 11) is -3.06. The fourth-order valence-electron chi connectivity index (χ4n) is 2.42. The third kappa shape index (κ3) is 6.20. The van der Waals surface area contributed by atoms with E-state index in [1.807, 2.05) is 6.92 Å². The molecule has 1 saturated heterocycles. The molecule has 1 heterocycles. The molecule has 0 unspecified atom stereocenters. The fourth-order valence-corrected chi connectivity index (χ4v) is 3.29. The lowest BCUT2D eigenvalue weighted by Crippen LogP contribution is -2.42. The Morgan fingerprint density at radius 1 is 1.10 bits per heavy atom. The summed E-state index contributed by atoms with van der Waals surface area (Å²) in [4.78, 5) is 2.37. The van der Waals surface area contributed by atoms with Crippen molar-refractivity contribution in [1.29, 1.82) is 0 Å². The van der Waals surface area contributed by atoms with Crippen LogP contribution >= 0.6 is 0 Å². The Morgan fingerprint density at radius 3 is 2.40 bits per heavy atom. The Labute approximate surface area is 124 Å². The minimum atomic E-state index is -3.06. The van der Waals surface area contributed by atoms with Gasteiger partial charge in [0.15, 0.2) is 0 Å². The van der Waals surface area contributed by atoms with Gasteiger partial charge in [-0.25, -0.2) is 12.7 Å². The number of nitrogens with zero attached hydrogens (tertiary/aromatic N) is 2. The second kappa shape index (κ2) is 8.60. The summed E-state index contributed by atoms with van der Waals surface area (Å²) in [5.41, 5.74) is 1.40. The molecule has 0 aromatic carbocycles. The molecule has 0 aromatic heterocycles. The van der Waals surface area contributed by atoms with Crippen LogP contribution in [0.3, 0.4) is 0 Å². The Hall–Kier alpha value is -0.650. The van der Waals surface area contributed by atoms with Gasteiger partial charge in [0.25, 0.3) is 0 Å². The van der Waals surface area contributed by atoms with E-state index in [9.17, 15) is 8.42 Å².